The Morgan fingerprint density at radius 1 is 0.442 bits per heavy atom. The van der Waals surface area contributed by atoms with Crippen LogP contribution in [0.3, 0.4) is 0 Å². The fourth-order valence-corrected chi connectivity index (χ4v) is 18.2. The van der Waals surface area contributed by atoms with E-state index in [1.165, 1.54) is 0 Å². The Hall–Kier alpha value is -9.93. The molecule has 0 saturated carbocycles. The van der Waals surface area contributed by atoms with Gasteiger partial charge in [0.05, 0.1) is 123 Å². The van der Waals surface area contributed by atoms with E-state index in [1.54, 1.807) is 91.0 Å². The summed E-state index contributed by atoms with van der Waals surface area (Å²) < 4.78 is 159. The van der Waals surface area contributed by atoms with Crippen molar-refractivity contribution in [3.05, 3.63) is 323 Å². The molecule has 0 spiro atoms. The third kappa shape index (κ3) is 25.6. The first-order valence-corrected chi connectivity index (χ1v) is 47.8. The van der Waals surface area contributed by atoms with E-state index < -0.39 is 172 Å². The normalized spacial score (nSPS) is 24.5. The Bertz CT molecular complexity index is 4990. The molecule has 9 aromatic carbocycles. The van der Waals surface area contributed by atoms with Crippen LogP contribution < -0.4 is 16.0 Å². The minimum absolute atomic E-state index is 0.0331. The highest BCUT2D eigenvalue weighted by Gasteiger charge is 2.67. The number of esters is 2. The maximum Gasteiger partial charge on any atom is 0.471 e. The Labute approximate surface area is 755 Å². The molecule has 3 N–H and O–H groups in total. The number of alkyl halides is 4. The molecule has 0 aromatic heterocycles. The number of rotatable bonds is 47. The first-order chi connectivity index (χ1) is 62.5. The molecule has 7 aliphatic rings. The number of morpholine rings is 2. The van der Waals surface area contributed by atoms with Crippen molar-refractivity contribution in [1.82, 2.24) is 16.0 Å². The van der Waals surface area contributed by atoms with Gasteiger partial charge in [-0.05, 0) is 56.5 Å². The molecule has 0 aliphatic carbocycles. The van der Waals surface area contributed by atoms with Gasteiger partial charge < -0.3 is 91.7 Å². The van der Waals surface area contributed by atoms with E-state index in [0.717, 1.165) is 29.4 Å². The fourth-order valence-electron chi connectivity index (χ4n) is 17.0. The van der Waals surface area contributed by atoms with Crippen LogP contribution >= 0.6 is 11.6 Å². The molecule has 16 rings (SSSR count). The molecule has 29 heteroatoms. The van der Waals surface area contributed by atoms with Gasteiger partial charge in [0.25, 0.3) is 23.4 Å². The lowest BCUT2D eigenvalue weighted by molar-refractivity contribution is -0.369. The summed E-state index contributed by atoms with van der Waals surface area (Å²) in [4.78, 5) is 75.9. The molecule has 9 aromatic rings. The first kappa shape index (κ1) is 95.2. The van der Waals surface area contributed by atoms with Gasteiger partial charge in [0.1, 0.15) is 60.3 Å². The van der Waals surface area contributed by atoms with Crippen molar-refractivity contribution < 1.29 is 113 Å². The minimum Gasteiger partial charge on any atom is -0.465 e. The number of amides is 3. The molecular formula is C100H111ClF3N3O21Si. The molecule has 0 unspecified atom stereocenters. The maximum atomic E-state index is 16.4. The predicted octanol–water partition coefficient (Wildman–Crippen LogP) is 14.5. The monoisotopic (exact) mass is 1810 g/mol. The summed E-state index contributed by atoms with van der Waals surface area (Å²) in [7, 11) is -0.888. The number of halogens is 4. The van der Waals surface area contributed by atoms with Gasteiger partial charge in [0.15, 0.2) is 6.10 Å². The molecule has 24 nitrogen and oxygen atoms in total. The van der Waals surface area contributed by atoms with E-state index >= 15 is 27.6 Å². The molecule has 4 bridgehead atoms. The third-order valence-electron chi connectivity index (χ3n) is 23.5. The predicted molar refractivity (Wildman–Crippen MR) is 472 cm³/mol. The van der Waals surface area contributed by atoms with Crippen LogP contribution in [0.1, 0.15) is 75.8 Å². The molecule has 684 valence electrons. The number of nitrogens with one attached hydrogen (secondary N) is 3. The van der Waals surface area contributed by atoms with E-state index in [9.17, 15) is 9.59 Å². The summed E-state index contributed by atoms with van der Waals surface area (Å²) in [6.07, 6.45) is -24.3. The van der Waals surface area contributed by atoms with E-state index in [2.05, 4.69) is 35.6 Å². The van der Waals surface area contributed by atoms with Gasteiger partial charge in [-0.3, -0.25) is 19.2 Å². The number of ether oxygens (including phenoxy) is 16. The van der Waals surface area contributed by atoms with Crippen molar-refractivity contribution >= 4 is 49.3 Å². The van der Waals surface area contributed by atoms with Crippen molar-refractivity contribution in [2.75, 3.05) is 32.8 Å². The number of piperidine rings is 2. The summed E-state index contributed by atoms with van der Waals surface area (Å²) >= 11 is 6.30. The molecule has 129 heavy (non-hydrogen) atoms. The SMILES string of the molecule is COC(=O)[C@@]1(O[C@H](COCc2ccccc2)[C@H](OCc2ccccc2)[C@@H]2O[C@]3(O[C@H](COCc4ccccc4)[C@H](OCc4ccccc4)[C@@H]4O[C@]5(CC[Si](C)(C)C)C[C@H](OCc6ccccc6)[C@H]4NC5=O)C[C@H](OCc4ccccc4)[C@H]2NC3=O)C[C@H](OCc2ccccc2)[C@@H](NC(=O)C(F)(F)F)[C@H]([C@H](OCc2ccccc2)[C@@H](COCc2ccccc2)OC(=O)CCl)O1. The van der Waals surface area contributed by atoms with Gasteiger partial charge in [0, 0.05) is 27.3 Å². The van der Waals surface area contributed by atoms with E-state index in [4.69, 9.17) is 87.4 Å². The van der Waals surface area contributed by atoms with Crippen molar-refractivity contribution in [2.24, 2.45) is 0 Å². The van der Waals surface area contributed by atoms with Crippen LogP contribution in [-0.4, -0.2) is 185 Å². The number of hydrogen-bond donors (Lipinski definition) is 3. The minimum atomic E-state index is -5.57. The summed E-state index contributed by atoms with van der Waals surface area (Å²) in [5, 5.41) is 8.83. The standard InChI is InChI=1S/C100H111ClF3N3O21Si/c1-113-96(112)99(54-79(119-61-73-42-24-10-25-43-73)86(107-95(111)100(102,103)104)91(128-99)87(120-62-74-44-26-11-27-45-74)80(123-83(108)55-101)65-114-56-68-32-14-5-15-33-68)125-82(67-116-58-70-36-18-7-19-37-70)89(122-64-76-48-30-13-31-49-76)92-85-78(118-60-72-40-22-9-23-41-72)53-98(127-92,94(110)106-85)124-81(66-115-57-69-34-16-6-17-35-69)88(121-63-75-46-28-12-29-47-75)90-84-77(117-59-71-38-20-8-21-39-71)52-97(126-90,93(109)105-84)50-51-129(2,3)4/h5-49,77-82,84-92H,50-67H2,1-4H3,(H,105,109)(H,106,110)(H,107,111)/t77-,78-,79-,80+,81+,82+,84+,85+,86+,87+,88-,89-,90+,91+,92+,97+,98+,99+/m0/s1. The van der Waals surface area contributed by atoms with Crippen LogP contribution in [0.5, 0.6) is 0 Å². The molecule has 7 heterocycles. The lowest BCUT2D eigenvalue weighted by atomic mass is 9.77. The zero-order chi connectivity index (χ0) is 90.2. The van der Waals surface area contributed by atoms with Crippen LogP contribution in [-0.2, 0) is 159 Å². The number of carbonyl (C=O) groups excluding carboxylic acids is 5. The smallest absolute Gasteiger partial charge is 0.465 e. The number of hydrogen-bond acceptors (Lipinski definition) is 21. The van der Waals surface area contributed by atoms with Crippen LogP contribution in [0.2, 0.25) is 25.7 Å². The van der Waals surface area contributed by atoms with Crippen LogP contribution in [0.4, 0.5) is 13.2 Å². The lowest BCUT2D eigenvalue weighted by Crippen LogP contribution is -2.78. The van der Waals surface area contributed by atoms with Gasteiger partial charge in [-0.15, -0.1) is 11.6 Å². The molecular weight excluding hydrogens is 1700 g/mol. The Kier molecular flexibility index (Phi) is 33.4. The Morgan fingerprint density at radius 3 is 1.18 bits per heavy atom. The van der Waals surface area contributed by atoms with Crippen LogP contribution in [0, 0.1) is 0 Å². The topological polar surface area (TPSA) is 269 Å². The van der Waals surface area contributed by atoms with Crippen molar-refractivity contribution in [3.8, 4) is 0 Å². The molecule has 7 saturated heterocycles. The van der Waals surface area contributed by atoms with Gasteiger partial charge in [-0.1, -0.05) is 299 Å². The summed E-state index contributed by atoms with van der Waals surface area (Å²) in [5.41, 5.74) is 4.70. The van der Waals surface area contributed by atoms with E-state index in [1.807, 2.05) is 182 Å². The fraction of sp³-hybridized carbons (Fsp3) is 0.410. The van der Waals surface area contributed by atoms with Gasteiger partial charge >= 0.3 is 24.0 Å². The second-order valence-corrected chi connectivity index (χ2v) is 40.1. The van der Waals surface area contributed by atoms with Gasteiger partial charge in [-0.2, -0.15) is 13.2 Å². The largest absolute Gasteiger partial charge is 0.471 e. The summed E-state index contributed by atoms with van der Waals surface area (Å²) in [6.45, 7) is 4.15. The van der Waals surface area contributed by atoms with Gasteiger partial charge in [0.2, 0.25) is 0 Å². The Balaban J connectivity index is 0.939. The third-order valence-corrected chi connectivity index (χ3v) is 25.5. The molecule has 7 aliphatic heterocycles. The zero-order valence-electron chi connectivity index (χ0n) is 72.5. The number of fused-ring (bicyclic) bond motifs is 6. The zero-order valence-corrected chi connectivity index (χ0v) is 74.2. The molecule has 3 amide bonds. The highest BCUT2D eigenvalue weighted by Crippen LogP contribution is 2.48. The van der Waals surface area contributed by atoms with Gasteiger partial charge in [-0.25, -0.2) is 4.79 Å². The maximum absolute atomic E-state index is 16.4. The lowest BCUT2D eigenvalue weighted by Gasteiger charge is -2.57. The second-order valence-electron chi connectivity index (χ2n) is 34.2. The molecule has 0 radical (unpaired) electrons. The number of methoxy groups -OCH3 is 1. The second kappa shape index (κ2) is 45.3. The summed E-state index contributed by atoms with van der Waals surface area (Å²) in [6, 6.07) is 78.9. The van der Waals surface area contributed by atoms with E-state index in [0.29, 0.717) is 40.3 Å². The average Bonchev–Trinajstić information content (AvgIpc) is 0.667. The highest BCUT2D eigenvalue weighted by atomic mass is 35.5. The first-order valence-electron chi connectivity index (χ1n) is 43.5. The van der Waals surface area contributed by atoms with Crippen molar-refractivity contribution in [3.63, 3.8) is 0 Å². The Morgan fingerprint density at radius 2 is 0.791 bits per heavy atom. The highest BCUT2D eigenvalue weighted by molar-refractivity contribution is 6.76. The summed E-state index contributed by atoms with van der Waals surface area (Å²) in [5.74, 6) is -12.0. The quantitative estimate of drug-likeness (QED) is 0.0182. The van der Waals surface area contributed by atoms with Crippen molar-refractivity contribution in [1.29, 1.82) is 0 Å². The molecule has 18 atom stereocenters. The van der Waals surface area contributed by atoms with Crippen molar-refractivity contribution in [2.45, 2.75) is 226 Å². The molecule has 7 fully saturated rings. The van der Waals surface area contributed by atoms with Crippen LogP contribution in [0.25, 0.3) is 0 Å². The number of benzene rings is 9. The average molecular weight is 1810 g/mol. The number of carbonyl (C=O) groups is 5. The van der Waals surface area contributed by atoms with Crippen LogP contribution in [0.15, 0.2) is 273 Å². The van der Waals surface area contributed by atoms with E-state index in [-0.39, 0.29) is 84.8 Å².